The largest absolute Gasteiger partial charge is 0.453 e. The number of thiophene rings is 1. The topological polar surface area (TPSA) is 39.4 Å². The van der Waals surface area contributed by atoms with Gasteiger partial charge in [-0.25, -0.2) is 0 Å². The van der Waals surface area contributed by atoms with Crippen LogP contribution in [0.25, 0.3) is 11.0 Å². The molecule has 3 aromatic rings. The molecule has 0 saturated carbocycles. The number of rotatable bonds is 5. The first-order chi connectivity index (χ1) is 9.33. The van der Waals surface area contributed by atoms with E-state index in [0.29, 0.717) is 12.4 Å². The Kier molecular flexibility index (Phi) is 3.44. The highest BCUT2D eigenvalue weighted by atomic mass is 32.1. The van der Waals surface area contributed by atoms with Gasteiger partial charge in [0.25, 0.3) is 0 Å². The molecule has 0 radical (unpaired) electrons. The molecule has 3 nitrogen and oxygen atoms in total. The molecule has 0 fully saturated rings. The van der Waals surface area contributed by atoms with Crippen molar-refractivity contribution in [3.05, 3.63) is 58.5 Å². The van der Waals surface area contributed by atoms with E-state index in [1.54, 1.807) is 17.4 Å². The van der Waals surface area contributed by atoms with E-state index in [1.807, 2.05) is 41.8 Å². The molecule has 0 N–H and O–H groups in total. The van der Waals surface area contributed by atoms with Crippen LogP contribution in [0.3, 0.4) is 0 Å². The standard InChI is InChI=1S/C15H12O3S/c16-13(10-17-9-12-5-3-7-19-12)15-8-11-4-1-2-6-14(11)18-15/h1-8H,9-10H2. The van der Waals surface area contributed by atoms with E-state index >= 15 is 0 Å². The highest BCUT2D eigenvalue weighted by molar-refractivity contribution is 7.09. The van der Waals surface area contributed by atoms with Crippen molar-refractivity contribution in [2.24, 2.45) is 0 Å². The molecule has 0 atom stereocenters. The molecular weight excluding hydrogens is 260 g/mol. The lowest BCUT2D eigenvalue weighted by Crippen LogP contribution is -2.07. The highest BCUT2D eigenvalue weighted by Crippen LogP contribution is 2.19. The van der Waals surface area contributed by atoms with Crippen LogP contribution in [0.4, 0.5) is 0 Å². The summed E-state index contributed by atoms with van der Waals surface area (Å²) in [6.45, 7) is 0.501. The molecule has 1 aromatic carbocycles. The molecule has 0 saturated heterocycles. The van der Waals surface area contributed by atoms with Gasteiger partial charge < -0.3 is 9.15 Å². The Bertz CT molecular complexity index is 649. The summed E-state index contributed by atoms with van der Waals surface area (Å²) in [6, 6.07) is 13.3. The predicted octanol–water partition coefficient (Wildman–Crippen LogP) is 3.89. The molecule has 2 heterocycles. The van der Waals surface area contributed by atoms with Crippen molar-refractivity contribution in [2.75, 3.05) is 6.61 Å². The second-order valence-electron chi connectivity index (χ2n) is 4.14. The van der Waals surface area contributed by atoms with Crippen LogP contribution in [0.1, 0.15) is 15.4 Å². The van der Waals surface area contributed by atoms with E-state index in [2.05, 4.69) is 0 Å². The number of para-hydroxylation sites is 1. The van der Waals surface area contributed by atoms with Crippen LogP contribution in [0.15, 0.2) is 52.3 Å². The molecule has 0 aliphatic carbocycles. The van der Waals surface area contributed by atoms with E-state index in [9.17, 15) is 4.79 Å². The SMILES string of the molecule is O=C(COCc1cccs1)c1cc2ccccc2o1. The minimum atomic E-state index is -0.132. The van der Waals surface area contributed by atoms with Crippen LogP contribution in [0.5, 0.6) is 0 Å². The van der Waals surface area contributed by atoms with Crippen LogP contribution < -0.4 is 0 Å². The van der Waals surface area contributed by atoms with Crippen LogP contribution in [0.2, 0.25) is 0 Å². The summed E-state index contributed by atoms with van der Waals surface area (Å²) in [7, 11) is 0. The maximum Gasteiger partial charge on any atom is 0.223 e. The van der Waals surface area contributed by atoms with Crippen molar-refractivity contribution in [2.45, 2.75) is 6.61 Å². The average molecular weight is 272 g/mol. The number of hydrogen-bond acceptors (Lipinski definition) is 4. The summed E-state index contributed by atoms with van der Waals surface area (Å²) in [5.74, 6) is 0.222. The first kappa shape index (κ1) is 12.1. The number of furan rings is 1. The maximum atomic E-state index is 11.9. The van der Waals surface area contributed by atoms with Gasteiger partial charge in [-0.15, -0.1) is 11.3 Å². The molecule has 2 aromatic heterocycles. The number of benzene rings is 1. The Morgan fingerprint density at radius 3 is 2.89 bits per heavy atom. The maximum absolute atomic E-state index is 11.9. The van der Waals surface area contributed by atoms with Crippen molar-refractivity contribution < 1.29 is 13.9 Å². The van der Waals surface area contributed by atoms with Gasteiger partial charge in [0.2, 0.25) is 5.78 Å². The zero-order valence-electron chi connectivity index (χ0n) is 10.2. The molecular formula is C15H12O3S. The quantitative estimate of drug-likeness (QED) is 0.661. The lowest BCUT2D eigenvalue weighted by molar-refractivity contribution is 0.0707. The fourth-order valence-electron chi connectivity index (χ4n) is 1.83. The van der Waals surface area contributed by atoms with Crippen molar-refractivity contribution >= 4 is 28.1 Å². The normalized spacial score (nSPS) is 10.9. The number of ether oxygens (including phenoxy) is 1. The van der Waals surface area contributed by atoms with Crippen LogP contribution >= 0.6 is 11.3 Å². The first-order valence-electron chi connectivity index (χ1n) is 5.95. The molecule has 96 valence electrons. The third-order valence-corrected chi connectivity index (χ3v) is 3.61. The fraction of sp³-hybridized carbons (Fsp3) is 0.133. The Morgan fingerprint density at radius 2 is 2.11 bits per heavy atom. The zero-order valence-corrected chi connectivity index (χ0v) is 11.0. The molecule has 3 rings (SSSR count). The summed E-state index contributed by atoms with van der Waals surface area (Å²) < 4.78 is 10.9. The smallest absolute Gasteiger partial charge is 0.223 e. The van der Waals surface area contributed by atoms with E-state index in [0.717, 1.165) is 15.8 Å². The number of carbonyl (C=O) groups is 1. The van der Waals surface area contributed by atoms with E-state index < -0.39 is 0 Å². The Hall–Kier alpha value is -1.91. The van der Waals surface area contributed by atoms with Crippen LogP contribution in [-0.2, 0) is 11.3 Å². The molecule has 4 heteroatoms. The van der Waals surface area contributed by atoms with Gasteiger partial charge in [0, 0.05) is 10.3 Å². The molecule has 0 unspecified atom stereocenters. The monoisotopic (exact) mass is 272 g/mol. The fourth-order valence-corrected chi connectivity index (χ4v) is 2.47. The van der Waals surface area contributed by atoms with Gasteiger partial charge in [-0.05, 0) is 23.6 Å². The minimum absolute atomic E-state index is 0.0394. The summed E-state index contributed by atoms with van der Waals surface area (Å²) in [4.78, 5) is 13.0. The highest BCUT2D eigenvalue weighted by Gasteiger charge is 2.12. The number of carbonyl (C=O) groups excluding carboxylic acids is 1. The summed E-state index contributed by atoms with van der Waals surface area (Å²) in [5.41, 5.74) is 0.726. The zero-order chi connectivity index (χ0) is 13.1. The average Bonchev–Trinajstić information content (AvgIpc) is 3.07. The summed E-state index contributed by atoms with van der Waals surface area (Å²) >= 11 is 1.61. The third-order valence-electron chi connectivity index (χ3n) is 2.76. The van der Waals surface area contributed by atoms with Gasteiger partial charge in [0.1, 0.15) is 12.2 Å². The van der Waals surface area contributed by atoms with Crippen molar-refractivity contribution in [3.8, 4) is 0 Å². The summed E-state index contributed by atoms with van der Waals surface area (Å²) in [5, 5.41) is 2.92. The Balaban J connectivity index is 1.63. The molecule has 19 heavy (non-hydrogen) atoms. The second kappa shape index (κ2) is 5.38. The molecule has 0 aliphatic rings. The number of hydrogen-bond donors (Lipinski definition) is 0. The van der Waals surface area contributed by atoms with Gasteiger partial charge in [0.05, 0.1) is 6.61 Å². The Labute approximate surface area is 114 Å². The third kappa shape index (κ3) is 2.75. The molecule has 0 spiro atoms. The van der Waals surface area contributed by atoms with Crippen molar-refractivity contribution in [3.63, 3.8) is 0 Å². The van der Waals surface area contributed by atoms with Crippen molar-refractivity contribution in [1.82, 2.24) is 0 Å². The van der Waals surface area contributed by atoms with E-state index in [-0.39, 0.29) is 12.4 Å². The van der Waals surface area contributed by atoms with Gasteiger partial charge in [-0.3, -0.25) is 4.79 Å². The molecule has 0 bridgehead atoms. The number of fused-ring (bicyclic) bond motifs is 1. The predicted molar refractivity (Wildman–Crippen MR) is 74.5 cm³/mol. The number of ketones is 1. The van der Waals surface area contributed by atoms with E-state index in [4.69, 9.17) is 9.15 Å². The molecule has 0 amide bonds. The lowest BCUT2D eigenvalue weighted by atomic mass is 10.2. The molecule has 0 aliphatic heterocycles. The van der Waals surface area contributed by atoms with Gasteiger partial charge >= 0.3 is 0 Å². The van der Waals surface area contributed by atoms with Crippen LogP contribution in [-0.4, -0.2) is 12.4 Å². The van der Waals surface area contributed by atoms with Crippen molar-refractivity contribution in [1.29, 1.82) is 0 Å². The lowest BCUT2D eigenvalue weighted by Gasteiger charge is -1.99. The summed E-state index contributed by atoms with van der Waals surface area (Å²) in [6.07, 6.45) is 0. The van der Waals surface area contributed by atoms with Gasteiger partial charge in [0.15, 0.2) is 5.76 Å². The number of Topliss-reactive ketones (excluding diaryl/α,β-unsaturated/α-hetero) is 1. The second-order valence-corrected chi connectivity index (χ2v) is 5.18. The Morgan fingerprint density at radius 1 is 1.21 bits per heavy atom. The van der Waals surface area contributed by atoms with Crippen LogP contribution in [0, 0.1) is 0 Å². The minimum Gasteiger partial charge on any atom is -0.453 e. The van der Waals surface area contributed by atoms with Gasteiger partial charge in [-0.2, -0.15) is 0 Å². The van der Waals surface area contributed by atoms with E-state index in [1.165, 1.54) is 0 Å². The van der Waals surface area contributed by atoms with Gasteiger partial charge in [-0.1, -0.05) is 24.3 Å². The first-order valence-corrected chi connectivity index (χ1v) is 6.83.